The summed E-state index contributed by atoms with van der Waals surface area (Å²) < 4.78 is 4.96. The maximum atomic E-state index is 11.9. The summed E-state index contributed by atoms with van der Waals surface area (Å²) in [5.41, 5.74) is -0.238. The Kier molecular flexibility index (Phi) is 3.85. The minimum Gasteiger partial charge on any atom is -0.506 e. The molecule has 0 aliphatic carbocycles. The third-order valence-electron chi connectivity index (χ3n) is 2.47. The normalized spacial score (nSPS) is 10.1. The zero-order valence-corrected chi connectivity index (χ0v) is 11.1. The van der Waals surface area contributed by atoms with E-state index in [-0.39, 0.29) is 17.1 Å². The molecule has 2 aromatic rings. The van der Waals surface area contributed by atoms with Gasteiger partial charge in [0.05, 0.1) is 22.6 Å². The number of phenols is 1. The molecule has 1 amide bonds. The van der Waals surface area contributed by atoms with E-state index in [9.17, 15) is 20.0 Å². The van der Waals surface area contributed by atoms with Crippen LogP contribution in [0.25, 0.3) is 0 Å². The first kappa shape index (κ1) is 13.8. The number of aromatic hydroxyl groups is 1. The molecule has 104 valence electrons. The van der Waals surface area contributed by atoms with Gasteiger partial charge in [0.15, 0.2) is 0 Å². The number of hydrogen-bond donors (Lipinski definition) is 2. The fourth-order valence-electron chi connectivity index (χ4n) is 1.47. The van der Waals surface area contributed by atoms with Gasteiger partial charge in [-0.1, -0.05) is 0 Å². The van der Waals surface area contributed by atoms with Gasteiger partial charge in [0.2, 0.25) is 0 Å². The Hall–Kier alpha value is -2.61. The summed E-state index contributed by atoms with van der Waals surface area (Å²) in [4.78, 5) is 22.4. The van der Waals surface area contributed by atoms with Gasteiger partial charge in [0, 0.05) is 23.6 Å². The van der Waals surface area contributed by atoms with Gasteiger partial charge in [-0.2, -0.15) is 0 Å². The first-order chi connectivity index (χ1) is 9.51. The van der Waals surface area contributed by atoms with Gasteiger partial charge in [-0.15, -0.1) is 11.3 Å². The van der Waals surface area contributed by atoms with Gasteiger partial charge in [0.1, 0.15) is 11.5 Å². The number of nitro benzene ring substituents is 1. The molecule has 0 bridgehead atoms. The molecule has 0 radical (unpaired) electrons. The smallest absolute Gasteiger partial charge is 0.271 e. The number of nitrogens with one attached hydrogen (secondary N) is 1. The van der Waals surface area contributed by atoms with Crippen molar-refractivity contribution in [1.82, 2.24) is 0 Å². The van der Waals surface area contributed by atoms with E-state index in [0.29, 0.717) is 10.6 Å². The van der Waals surface area contributed by atoms with Crippen LogP contribution in [0.5, 0.6) is 11.5 Å². The topological polar surface area (TPSA) is 102 Å². The maximum absolute atomic E-state index is 11.9. The molecule has 0 saturated carbocycles. The van der Waals surface area contributed by atoms with E-state index in [1.807, 2.05) is 0 Å². The SMILES string of the molecule is COc1csc(C(=O)Nc2cc([N+](=O)[O-])ccc2O)c1. The second-order valence-corrected chi connectivity index (χ2v) is 4.67. The minimum absolute atomic E-state index is 0.0171. The zero-order valence-electron chi connectivity index (χ0n) is 10.3. The van der Waals surface area contributed by atoms with Crippen LogP contribution in [0.1, 0.15) is 9.67 Å². The number of phenolic OH excluding ortho intramolecular Hbond substituents is 1. The molecule has 1 heterocycles. The first-order valence-electron chi connectivity index (χ1n) is 5.42. The highest BCUT2D eigenvalue weighted by atomic mass is 32.1. The molecule has 0 unspecified atom stereocenters. The Morgan fingerprint density at radius 1 is 1.45 bits per heavy atom. The molecule has 1 aromatic carbocycles. The predicted octanol–water partition coefficient (Wildman–Crippen LogP) is 2.62. The summed E-state index contributed by atoms with van der Waals surface area (Å²) >= 11 is 1.17. The number of nitro groups is 1. The van der Waals surface area contributed by atoms with Crippen LogP contribution in [-0.2, 0) is 0 Å². The molecule has 8 heteroatoms. The molecule has 0 saturated heterocycles. The summed E-state index contributed by atoms with van der Waals surface area (Å²) in [5, 5.41) is 24.3. The lowest BCUT2D eigenvalue weighted by atomic mass is 10.2. The van der Waals surface area contributed by atoms with Crippen LogP contribution < -0.4 is 10.1 Å². The van der Waals surface area contributed by atoms with Crippen molar-refractivity contribution in [1.29, 1.82) is 0 Å². The minimum atomic E-state index is -0.608. The lowest BCUT2D eigenvalue weighted by molar-refractivity contribution is -0.384. The molecular formula is C12H10N2O5S. The Morgan fingerprint density at radius 3 is 2.80 bits per heavy atom. The number of rotatable bonds is 4. The lowest BCUT2D eigenvalue weighted by Gasteiger charge is -2.05. The number of benzene rings is 1. The second kappa shape index (κ2) is 5.57. The quantitative estimate of drug-likeness (QED) is 0.512. The highest BCUT2D eigenvalue weighted by Crippen LogP contribution is 2.29. The zero-order chi connectivity index (χ0) is 14.7. The predicted molar refractivity (Wildman–Crippen MR) is 73.6 cm³/mol. The van der Waals surface area contributed by atoms with E-state index in [1.54, 1.807) is 5.38 Å². The molecule has 0 aliphatic heterocycles. The summed E-state index contributed by atoms with van der Waals surface area (Å²) in [7, 11) is 1.48. The standard InChI is InChI=1S/C12H10N2O5S/c1-19-8-5-11(20-6-8)12(16)13-9-4-7(14(17)18)2-3-10(9)15/h2-6,15H,1H3,(H,13,16). The number of nitrogens with zero attached hydrogens (tertiary/aromatic N) is 1. The highest BCUT2D eigenvalue weighted by Gasteiger charge is 2.15. The van der Waals surface area contributed by atoms with Crippen LogP contribution in [0.3, 0.4) is 0 Å². The van der Waals surface area contributed by atoms with Crippen LogP contribution in [-0.4, -0.2) is 23.0 Å². The summed E-state index contributed by atoms with van der Waals surface area (Å²) in [6.07, 6.45) is 0. The fraction of sp³-hybridized carbons (Fsp3) is 0.0833. The first-order valence-corrected chi connectivity index (χ1v) is 6.30. The number of anilines is 1. The average Bonchev–Trinajstić information content (AvgIpc) is 2.89. The van der Waals surface area contributed by atoms with E-state index < -0.39 is 10.8 Å². The molecule has 7 nitrogen and oxygen atoms in total. The Labute approximate surface area is 117 Å². The Morgan fingerprint density at radius 2 is 2.20 bits per heavy atom. The van der Waals surface area contributed by atoms with Crippen molar-refractivity contribution < 1.29 is 19.6 Å². The van der Waals surface area contributed by atoms with E-state index in [1.165, 1.54) is 24.5 Å². The molecule has 2 rings (SSSR count). The number of hydrogen-bond acceptors (Lipinski definition) is 6. The number of amides is 1. The van der Waals surface area contributed by atoms with Crippen molar-refractivity contribution in [3.05, 3.63) is 44.6 Å². The third kappa shape index (κ3) is 2.86. The summed E-state index contributed by atoms with van der Waals surface area (Å²) in [6.45, 7) is 0. The number of methoxy groups -OCH3 is 1. The van der Waals surface area contributed by atoms with E-state index in [0.717, 1.165) is 18.2 Å². The molecular weight excluding hydrogens is 284 g/mol. The van der Waals surface area contributed by atoms with E-state index in [4.69, 9.17) is 4.74 Å². The van der Waals surface area contributed by atoms with Gasteiger partial charge in [-0.3, -0.25) is 14.9 Å². The number of non-ortho nitro benzene ring substituents is 1. The Bertz CT molecular complexity index is 668. The molecule has 1 aromatic heterocycles. The number of carbonyl (C=O) groups excluding carboxylic acids is 1. The Balaban J connectivity index is 2.22. The number of thiophene rings is 1. The largest absolute Gasteiger partial charge is 0.506 e. The molecule has 0 aliphatic rings. The van der Waals surface area contributed by atoms with Crippen molar-refractivity contribution in [2.24, 2.45) is 0 Å². The lowest BCUT2D eigenvalue weighted by Crippen LogP contribution is -2.10. The van der Waals surface area contributed by atoms with E-state index in [2.05, 4.69) is 5.32 Å². The summed E-state index contributed by atoms with van der Waals surface area (Å²) in [6, 6.07) is 4.94. The van der Waals surface area contributed by atoms with Crippen LogP contribution in [0.15, 0.2) is 29.6 Å². The summed E-state index contributed by atoms with van der Waals surface area (Å²) in [5.74, 6) is -0.176. The van der Waals surface area contributed by atoms with Gasteiger partial charge in [-0.05, 0) is 6.07 Å². The van der Waals surface area contributed by atoms with Crippen LogP contribution in [0.4, 0.5) is 11.4 Å². The van der Waals surface area contributed by atoms with Crippen molar-refractivity contribution in [2.75, 3.05) is 12.4 Å². The molecule has 0 spiro atoms. The van der Waals surface area contributed by atoms with E-state index >= 15 is 0 Å². The van der Waals surface area contributed by atoms with Crippen LogP contribution in [0, 0.1) is 10.1 Å². The van der Waals surface area contributed by atoms with Crippen LogP contribution in [0.2, 0.25) is 0 Å². The molecule has 20 heavy (non-hydrogen) atoms. The van der Waals surface area contributed by atoms with Crippen LogP contribution >= 0.6 is 11.3 Å². The second-order valence-electron chi connectivity index (χ2n) is 3.76. The van der Waals surface area contributed by atoms with Crippen molar-refractivity contribution in [3.8, 4) is 11.5 Å². The van der Waals surface area contributed by atoms with Gasteiger partial charge in [0.25, 0.3) is 11.6 Å². The number of ether oxygens (including phenoxy) is 1. The van der Waals surface area contributed by atoms with Crippen molar-refractivity contribution in [3.63, 3.8) is 0 Å². The number of carbonyl (C=O) groups is 1. The fourth-order valence-corrected chi connectivity index (χ4v) is 2.22. The maximum Gasteiger partial charge on any atom is 0.271 e. The van der Waals surface area contributed by atoms with Crippen molar-refractivity contribution >= 4 is 28.6 Å². The molecule has 2 N–H and O–H groups in total. The monoisotopic (exact) mass is 294 g/mol. The average molecular weight is 294 g/mol. The van der Waals surface area contributed by atoms with Gasteiger partial charge < -0.3 is 15.2 Å². The third-order valence-corrected chi connectivity index (χ3v) is 3.38. The molecule has 0 atom stereocenters. The molecule has 0 fully saturated rings. The van der Waals surface area contributed by atoms with Gasteiger partial charge in [-0.25, -0.2) is 0 Å². The van der Waals surface area contributed by atoms with Crippen molar-refractivity contribution in [2.45, 2.75) is 0 Å². The highest BCUT2D eigenvalue weighted by molar-refractivity contribution is 7.12. The van der Waals surface area contributed by atoms with Gasteiger partial charge >= 0.3 is 0 Å².